The van der Waals surface area contributed by atoms with E-state index in [0.717, 1.165) is 38.6 Å². The van der Waals surface area contributed by atoms with E-state index in [2.05, 4.69) is 31.0 Å². The maximum Gasteiger partial charge on any atom is 0.0772 e. The first-order valence-corrected chi connectivity index (χ1v) is 6.30. The second-order valence-corrected chi connectivity index (χ2v) is 5.74. The highest BCUT2D eigenvalue weighted by atomic mass is 16.3. The molecule has 16 heavy (non-hydrogen) atoms. The van der Waals surface area contributed by atoms with E-state index in [4.69, 9.17) is 0 Å². The molecular formula is C14H25NO. The summed E-state index contributed by atoms with van der Waals surface area (Å²) in [4.78, 5) is 0. The lowest BCUT2D eigenvalue weighted by Gasteiger charge is -2.40. The Labute approximate surface area is 99.8 Å². The first-order valence-electron chi connectivity index (χ1n) is 6.30. The van der Waals surface area contributed by atoms with Gasteiger partial charge in [-0.2, -0.15) is 0 Å². The summed E-state index contributed by atoms with van der Waals surface area (Å²) in [5.74, 6) is 5.89. The van der Waals surface area contributed by atoms with E-state index in [0.29, 0.717) is 12.0 Å². The molecule has 92 valence electrons. The molecule has 1 aliphatic carbocycles. The van der Waals surface area contributed by atoms with Gasteiger partial charge in [0.2, 0.25) is 0 Å². The third-order valence-corrected chi connectivity index (χ3v) is 3.59. The Hall–Kier alpha value is -0.520. The summed E-state index contributed by atoms with van der Waals surface area (Å²) in [6, 6.07) is 0. The predicted molar refractivity (Wildman–Crippen MR) is 68.1 cm³/mol. The average Bonchev–Trinajstić information content (AvgIpc) is 2.23. The van der Waals surface area contributed by atoms with E-state index < -0.39 is 5.60 Å². The largest absolute Gasteiger partial charge is 0.389 e. The highest BCUT2D eigenvalue weighted by molar-refractivity contribution is 4.96. The van der Waals surface area contributed by atoms with Gasteiger partial charge in [0.15, 0.2) is 0 Å². The molecule has 1 fully saturated rings. The normalized spacial score (nSPS) is 22.2. The van der Waals surface area contributed by atoms with Crippen molar-refractivity contribution in [2.45, 2.75) is 58.5 Å². The van der Waals surface area contributed by atoms with E-state index in [-0.39, 0.29) is 0 Å². The summed E-state index contributed by atoms with van der Waals surface area (Å²) in [6.45, 7) is 8.03. The Balaban J connectivity index is 2.22. The predicted octanol–water partition coefficient (Wildman–Crippen LogP) is 2.32. The van der Waals surface area contributed by atoms with E-state index in [1.165, 1.54) is 0 Å². The molecule has 2 heteroatoms. The maximum atomic E-state index is 10.4. The molecule has 0 spiro atoms. The summed E-state index contributed by atoms with van der Waals surface area (Å²) in [6.07, 6.45) is 4.97. The van der Waals surface area contributed by atoms with Gasteiger partial charge >= 0.3 is 0 Å². The van der Waals surface area contributed by atoms with Gasteiger partial charge in [0.25, 0.3) is 0 Å². The monoisotopic (exact) mass is 223 g/mol. The molecular weight excluding hydrogens is 198 g/mol. The number of aliphatic hydroxyl groups is 1. The second kappa shape index (κ2) is 5.70. The first kappa shape index (κ1) is 13.5. The lowest BCUT2D eigenvalue weighted by molar-refractivity contribution is -0.0240. The van der Waals surface area contributed by atoms with Crippen LogP contribution < -0.4 is 5.32 Å². The fourth-order valence-electron chi connectivity index (χ4n) is 2.17. The van der Waals surface area contributed by atoms with Crippen molar-refractivity contribution in [3.8, 4) is 11.8 Å². The quantitative estimate of drug-likeness (QED) is 0.566. The molecule has 0 aromatic heterocycles. The minimum absolute atomic E-state index is 0.417. The molecule has 0 saturated heterocycles. The van der Waals surface area contributed by atoms with E-state index in [1.807, 2.05) is 6.92 Å². The molecule has 0 heterocycles. The molecule has 1 aliphatic rings. The lowest BCUT2D eigenvalue weighted by atomic mass is 9.71. The van der Waals surface area contributed by atoms with Crippen molar-refractivity contribution in [2.75, 3.05) is 13.1 Å². The average molecular weight is 223 g/mol. The zero-order chi connectivity index (χ0) is 12.1. The fourth-order valence-corrected chi connectivity index (χ4v) is 2.17. The number of hydrogen-bond donors (Lipinski definition) is 2. The summed E-state index contributed by atoms with van der Waals surface area (Å²) in [5.41, 5.74) is -0.0604. The van der Waals surface area contributed by atoms with E-state index >= 15 is 0 Å². The minimum atomic E-state index is -0.477. The molecule has 0 aromatic rings. The first-order chi connectivity index (χ1) is 7.47. The van der Waals surface area contributed by atoms with Gasteiger partial charge in [0.1, 0.15) is 0 Å². The van der Waals surface area contributed by atoms with Crippen molar-refractivity contribution >= 4 is 0 Å². The third-order valence-electron chi connectivity index (χ3n) is 3.59. The summed E-state index contributed by atoms with van der Waals surface area (Å²) >= 11 is 0. The van der Waals surface area contributed by atoms with Gasteiger partial charge in [0, 0.05) is 19.5 Å². The van der Waals surface area contributed by atoms with Crippen molar-refractivity contribution in [2.24, 2.45) is 5.41 Å². The summed E-state index contributed by atoms with van der Waals surface area (Å²) in [7, 11) is 0. The van der Waals surface area contributed by atoms with Crippen molar-refractivity contribution in [3.05, 3.63) is 0 Å². The Bertz CT molecular complexity index is 262. The minimum Gasteiger partial charge on any atom is -0.389 e. The Morgan fingerprint density at radius 2 is 1.81 bits per heavy atom. The molecule has 2 nitrogen and oxygen atoms in total. The van der Waals surface area contributed by atoms with Gasteiger partial charge in [0.05, 0.1) is 5.60 Å². The molecule has 0 radical (unpaired) electrons. The molecule has 2 N–H and O–H groups in total. The van der Waals surface area contributed by atoms with Crippen LogP contribution in [-0.2, 0) is 0 Å². The van der Waals surface area contributed by atoms with Crippen LogP contribution in [0.15, 0.2) is 0 Å². The molecule has 0 amide bonds. The maximum absolute atomic E-state index is 10.4. The number of nitrogens with one attached hydrogen (secondary N) is 1. The second-order valence-electron chi connectivity index (χ2n) is 5.74. The molecule has 0 atom stereocenters. The van der Waals surface area contributed by atoms with Crippen LogP contribution in [0.1, 0.15) is 52.9 Å². The van der Waals surface area contributed by atoms with Gasteiger partial charge in [-0.15, -0.1) is 11.8 Å². The fraction of sp³-hybridized carbons (Fsp3) is 0.857. The van der Waals surface area contributed by atoms with Crippen LogP contribution in [-0.4, -0.2) is 23.8 Å². The molecule has 0 unspecified atom stereocenters. The van der Waals surface area contributed by atoms with Gasteiger partial charge < -0.3 is 10.4 Å². The molecule has 1 rings (SSSR count). The Morgan fingerprint density at radius 3 is 2.38 bits per heavy atom. The van der Waals surface area contributed by atoms with Crippen molar-refractivity contribution in [3.63, 3.8) is 0 Å². The van der Waals surface area contributed by atoms with Gasteiger partial charge in [-0.1, -0.05) is 13.8 Å². The zero-order valence-electron chi connectivity index (χ0n) is 10.9. The van der Waals surface area contributed by atoms with E-state index in [9.17, 15) is 5.11 Å². The van der Waals surface area contributed by atoms with Crippen LogP contribution in [0.25, 0.3) is 0 Å². The van der Waals surface area contributed by atoms with Gasteiger partial charge in [-0.25, -0.2) is 0 Å². The van der Waals surface area contributed by atoms with Crippen LogP contribution in [0, 0.1) is 17.3 Å². The highest BCUT2D eigenvalue weighted by Crippen LogP contribution is 2.39. The molecule has 0 bridgehead atoms. The zero-order valence-corrected chi connectivity index (χ0v) is 10.9. The molecule has 0 aromatic carbocycles. The summed E-state index contributed by atoms with van der Waals surface area (Å²) in [5, 5.41) is 13.7. The van der Waals surface area contributed by atoms with E-state index in [1.54, 1.807) is 0 Å². The SMILES string of the molecule is CC#CCCNCC1(O)CCC(C)(C)CC1. The van der Waals surface area contributed by atoms with Crippen LogP contribution >= 0.6 is 0 Å². The van der Waals surface area contributed by atoms with Crippen molar-refractivity contribution < 1.29 is 5.11 Å². The molecule has 0 aliphatic heterocycles. The Morgan fingerprint density at radius 1 is 1.19 bits per heavy atom. The highest BCUT2D eigenvalue weighted by Gasteiger charge is 2.35. The standard InChI is InChI=1S/C14H25NO/c1-4-5-6-11-15-12-14(16)9-7-13(2,3)8-10-14/h15-16H,6-12H2,1-3H3. The molecule has 1 saturated carbocycles. The van der Waals surface area contributed by atoms with Gasteiger partial charge in [-0.05, 0) is 38.0 Å². The van der Waals surface area contributed by atoms with Crippen LogP contribution in [0.2, 0.25) is 0 Å². The number of rotatable bonds is 4. The smallest absolute Gasteiger partial charge is 0.0772 e. The summed E-state index contributed by atoms with van der Waals surface area (Å²) < 4.78 is 0. The van der Waals surface area contributed by atoms with Crippen molar-refractivity contribution in [1.29, 1.82) is 0 Å². The lowest BCUT2D eigenvalue weighted by Crippen LogP contribution is -2.45. The van der Waals surface area contributed by atoms with Gasteiger partial charge in [-0.3, -0.25) is 0 Å². The van der Waals surface area contributed by atoms with Crippen LogP contribution in [0.3, 0.4) is 0 Å². The Kier molecular flexibility index (Phi) is 4.83. The van der Waals surface area contributed by atoms with Crippen LogP contribution in [0.4, 0.5) is 0 Å². The third kappa shape index (κ3) is 4.55. The number of hydrogen-bond acceptors (Lipinski definition) is 2. The van der Waals surface area contributed by atoms with Crippen molar-refractivity contribution in [1.82, 2.24) is 5.32 Å². The topological polar surface area (TPSA) is 32.3 Å². The van der Waals surface area contributed by atoms with Crippen LogP contribution in [0.5, 0.6) is 0 Å².